The highest BCUT2D eigenvalue weighted by molar-refractivity contribution is 5.96. The summed E-state index contributed by atoms with van der Waals surface area (Å²) in [6.07, 6.45) is 11.9. The summed E-state index contributed by atoms with van der Waals surface area (Å²) < 4.78 is 7.45. The number of hydrogen-bond donors (Lipinski definition) is 2. The average molecular weight is 448 g/mol. The number of carbonyl (C=O) groups excluding carboxylic acids is 1. The molecule has 2 aromatic heterocycles. The third kappa shape index (κ3) is 5.04. The van der Waals surface area contributed by atoms with Gasteiger partial charge in [0.15, 0.2) is 11.5 Å². The first-order valence-corrected chi connectivity index (χ1v) is 11.0. The quantitative estimate of drug-likeness (QED) is 0.485. The molecule has 0 bridgehead atoms. The first-order chi connectivity index (χ1) is 16.1. The molecule has 1 saturated heterocycles. The van der Waals surface area contributed by atoms with E-state index in [4.69, 9.17) is 10.5 Å². The molecular weight excluding hydrogens is 418 g/mol. The summed E-state index contributed by atoms with van der Waals surface area (Å²) in [5.74, 6) is 0.461. The number of nitrogens with zero attached hydrogens (tertiary/aromatic N) is 5. The van der Waals surface area contributed by atoms with Crippen LogP contribution in [0.5, 0.6) is 5.75 Å². The molecule has 1 aromatic carbocycles. The summed E-state index contributed by atoms with van der Waals surface area (Å²) in [6.45, 7) is 5.79. The van der Waals surface area contributed by atoms with Crippen LogP contribution in [-0.4, -0.2) is 56.8 Å². The van der Waals surface area contributed by atoms with E-state index in [0.29, 0.717) is 11.5 Å². The van der Waals surface area contributed by atoms with E-state index in [1.54, 1.807) is 13.3 Å². The number of hydrogen-bond acceptors (Lipinski definition) is 7. The maximum absolute atomic E-state index is 11.7. The Morgan fingerprint density at radius 2 is 2.21 bits per heavy atom. The number of carbonyl (C=O) groups is 1. The topological polar surface area (TPSA) is 111 Å². The van der Waals surface area contributed by atoms with Crippen molar-refractivity contribution in [3.05, 3.63) is 73.0 Å². The van der Waals surface area contributed by atoms with Crippen LogP contribution in [0.25, 0.3) is 0 Å². The Kier molecular flexibility index (Phi) is 6.99. The van der Waals surface area contributed by atoms with Gasteiger partial charge in [0, 0.05) is 31.2 Å². The fourth-order valence-corrected chi connectivity index (χ4v) is 4.44. The number of likely N-dealkylation sites (tertiary alicyclic amines) is 1. The number of methoxy groups -OCH3 is 1. The van der Waals surface area contributed by atoms with E-state index in [0.717, 1.165) is 37.2 Å². The lowest BCUT2D eigenvalue weighted by Crippen LogP contribution is -2.45. The molecule has 3 aromatic rings. The summed E-state index contributed by atoms with van der Waals surface area (Å²) in [4.78, 5) is 22.4. The summed E-state index contributed by atoms with van der Waals surface area (Å²) in [5, 5.41) is 7.82. The van der Waals surface area contributed by atoms with Gasteiger partial charge in [0.05, 0.1) is 25.0 Å². The molecule has 9 nitrogen and oxygen atoms in total. The summed E-state index contributed by atoms with van der Waals surface area (Å²) in [6, 6.07) is 8.33. The van der Waals surface area contributed by atoms with E-state index >= 15 is 0 Å². The van der Waals surface area contributed by atoms with Crippen molar-refractivity contribution in [2.75, 3.05) is 25.5 Å². The van der Waals surface area contributed by atoms with Gasteiger partial charge in [-0.15, -0.1) is 6.58 Å². The minimum atomic E-state index is -0.644. The number of piperidine rings is 1. The van der Waals surface area contributed by atoms with Gasteiger partial charge in [-0.2, -0.15) is 5.10 Å². The van der Waals surface area contributed by atoms with Gasteiger partial charge in [-0.25, -0.2) is 9.97 Å². The third-order valence-electron chi connectivity index (χ3n) is 5.91. The smallest absolute Gasteiger partial charge is 0.271 e. The highest BCUT2D eigenvalue weighted by atomic mass is 16.5. The molecule has 0 spiro atoms. The molecule has 1 aliphatic rings. The van der Waals surface area contributed by atoms with E-state index in [1.807, 2.05) is 29.1 Å². The Morgan fingerprint density at radius 3 is 3.00 bits per heavy atom. The van der Waals surface area contributed by atoms with Crippen molar-refractivity contribution < 1.29 is 9.53 Å². The molecule has 9 heteroatoms. The van der Waals surface area contributed by atoms with Crippen molar-refractivity contribution in [2.45, 2.75) is 31.3 Å². The van der Waals surface area contributed by atoms with Crippen LogP contribution in [0, 0.1) is 0 Å². The van der Waals surface area contributed by atoms with Gasteiger partial charge in [-0.1, -0.05) is 24.6 Å². The molecule has 172 valence electrons. The summed E-state index contributed by atoms with van der Waals surface area (Å²) >= 11 is 0. The second kappa shape index (κ2) is 10.3. The van der Waals surface area contributed by atoms with Gasteiger partial charge < -0.3 is 15.8 Å². The van der Waals surface area contributed by atoms with Crippen molar-refractivity contribution in [3.8, 4) is 5.75 Å². The Labute approximate surface area is 193 Å². The molecule has 3 N–H and O–H groups in total. The van der Waals surface area contributed by atoms with Crippen molar-refractivity contribution in [1.82, 2.24) is 24.6 Å². The van der Waals surface area contributed by atoms with Crippen molar-refractivity contribution in [2.24, 2.45) is 5.73 Å². The summed E-state index contributed by atoms with van der Waals surface area (Å²) in [5.41, 5.74) is 7.33. The predicted octanol–water partition coefficient (Wildman–Crippen LogP) is 3.15. The lowest BCUT2D eigenvalue weighted by Gasteiger charge is -2.40. The minimum absolute atomic E-state index is 0.0339. The number of amides is 1. The maximum atomic E-state index is 11.7. The van der Waals surface area contributed by atoms with E-state index < -0.39 is 5.91 Å². The lowest BCUT2D eigenvalue weighted by molar-refractivity contribution is 0.0996. The fourth-order valence-electron chi connectivity index (χ4n) is 4.44. The second-order valence-electron chi connectivity index (χ2n) is 8.02. The SMILES string of the molecule is C=CCN1CCCC[C@@H]1C(c1cccc(OC)c1)n1cc(Nc2nccnc2C(N)=O)cn1. The highest BCUT2D eigenvalue weighted by Crippen LogP contribution is 2.34. The molecule has 0 saturated carbocycles. The fraction of sp³-hybridized carbons (Fsp3) is 0.333. The molecular formula is C24H29N7O2. The van der Waals surface area contributed by atoms with Gasteiger partial charge in [0.1, 0.15) is 5.75 Å². The first-order valence-electron chi connectivity index (χ1n) is 11.0. The van der Waals surface area contributed by atoms with Crippen LogP contribution in [0.2, 0.25) is 0 Å². The second-order valence-corrected chi connectivity index (χ2v) is 8.02. The van der Waals surface area contributed by atoms with Gasteiger partial charge >= 0.3 is 0 Å². The van der Waals surface area contributed by atoms with Crippen molar-refractivity contribution in [1.29, 1.82) is 0 Å². The van der Waals surface area contributed by atoms with Crippen LogP contribution < -0.4 is 15.8 Å². The average Bonchev–Trinajstić information content (AvgIpc) is 3.29. The Morgan fingerprint density at radius 1 is 1.36 bits per heavy atom. The molecule has 1 aliphatic heterocycles. The number of rotatable bonds is 9. The number of nitrogens with two attached hydrogens (primary N) is 1. The zero-order chi connectivity index (χ0) is 23.2. The molecule has 4 rings (SSSR count). The largest absolute Gasteiger partial charge is 0.497 e. The highest BCUT2D eigenvalue weighted by Gasteiger charge is 2.32. The van der Waals surface area contributed by atoms with E-state index in [-0.39, 0.29) is 17.8 Å². The van der Waals surface area contributed by atoms with E-state index in [9.17, 15) is 4.79 Å². The van der Waals surface area contributed by atoms with Gasteiger partial charge in [-0.05, 0) is 37.1 Å². The van der Waals surface area contributed by atoms with Crippen LogP contribution in [0.1, 0.15) is 41.4 Å². The van der Waals surface area contributed by atoms with Crippen LogP contribution in [0.15, 0.2) is 61.7 Å². The summed E-state index contributed by atoms with van der Waals surface area (Å²) in [7, 11) is 1.67. The normalized spacial score (nSPS) is 17.3. The van der Waals surface area contributed by atoms with Gasteiger partial charge in [-0.3, -0.25) is 14.4 Å². The number of primary amides is 1. The molecule has 1 amide bonds. The predicted molar refractivity (Wildman–Crippen MR) is 127 cm³/mol. The monoisotopic (exact) mass is 447 g/mol. The number of aromatic nitrogens is 4. The number of anilines is 2. The molecule has 0 aliphatic carbocycles. The Bertz CT molecular complexity index is 1110. The third-order valence-corrected chi connectivity index (χ3v) is 5.91. The van der Waals surface area contributed by atoms with Crippen molar-refractivity contribution in [3.63, 3.8) is 0 Å². The van der Waals surface area contributed by atoms with Crippen LogP contribution in [0.4, 0.5) is 11.5 Å². The Hall–Kier alpha value is -3.72. The zero-order valence-electron chi connectivity index (χ0n) is 18.7. The zero-order valence-corrected chi connectivity index (χ0v) is 18.7. The first kappa shape index (κ1) is 22.5. The number of ether oxygens (including phenoxy) is 1. The van der Waals surface area contributed by atoms with Crippen LogP contribution in [-0.2, 0) is 0 Å². The standard InChI is InChI=1S/C24H29N7O2/c1-3-12-30-13-5-4-9-20(30)22(17-7-6-8-19(14-17)33-2)31-16-18(15-28-31)29-24-21(23(25)32)26-10-11-27-24/h3,6-8,10-11,14-16,20,22H,1,4-5,9,12-13H2,2H3,(H2,25,32)(H,27,29)/t20-,22?/m1/s1. The van der Waals surface area contributed by atoms with Crippen molar-refractivity contribution >= 4 is 17.4 Å². The van der Waals surface area contributed by atoms with E-state index in [1.165, 1.54) is 18.8 Å². The molecule has 1 unspecified atom stereocenters. The molecule has 33 heavy (non-hydrogen) atoms. The number of benzene rings is 1. The van der Waals surface area contributed by atoms with Gasteiger partial charge in [0.2, 0.25) is 0 Å². The number of nitrogens with one attached hydrogen (secondary N) is 1. The molecule has 2 atom stereocenters. The van der Waals surface area contributed by atoms with Gasteiger partial charge in [0.25, 0.3) is 5.91 Å². The Balaban J connectivity index is 1.70. The molecule has 1 fully saturated rings. The van der Waals surface area contributed by atoms with Crippen LogP contribution >= 0.6 is 0 Å². The van der Waals surface area contributed by atoms with Crippen LogP contribution in [0.3, 0.4) is 0 Å². The van der Waals surface area contributed by atoms with E-state index in [2.05, 4.69) is 44.0 Å². The molecule has 0 radical (unpaired) electrons. The minimum Gasteiger partial charge on any atom is -0.497 e. The maximum Gasteiger partial charge on any atom is 0.271 e. The molecule has 3 heterocycles. The lowest BCUT2D eigenvalue weighted by atomic mass is 9.90.